The fraction of sp³-hybridized carbons (Fsp3) is 0.364. The lowest BCUT2D eigenvalue weighted by Gasteiger charge is -2.00. The van der Waals surface area contributed by atoms with Crippen molar-refractivity contribution in [3.63, 3.8) is 0 Å². The second-order valence-electron chi connectivity index (χ2n) is 3.73. The third-order valence-corrected chi connectivity index (χ3v) is 2.60. The first-order valence-corrected chi connectivity index (χ1v) is 5.14. The van der Waals surface area contributed by atoms with Crippen LogP contribution in [0.3, 0.4) is 0 Å². The summed E-state index contributed by atoms with van der Waals surface area (Å²) in [5, 5.41) is 0. The van der Waals surface area contributed by atoms with Gasteiger partial charge in [0.15, 0.2) is 5.82 Å². The van der Waals surface area contributed by atoms with Gasteiger partial charge in [-0.25, -0.2) is 13.8 Å². The van der Waals surface area contributed by atoms with Crippen LogP contribution in [0, 0.1) is 11.6 Å². The SMILES string of the molecule is Cn1c(CCCN)nc2c(F)cc(F)cc21. The minimum absolute atomic E-state index is 0.218. The number of aromatic nitrogens is 2. The Morgan fingerprint density at radius 2 is 2.12 bits per heavy atom. The van der Waals surface area contributed by atoms with Crippen molar-refractivity contribution in [2.75, 3.05) is 6.54 Å². The molecule has 1 heterocycles. The van der Waals surface area contributed by atoms with E-state index >= 15 is 0 Å². The summed E-state index contributed by atoms with van der Waals surface area (Å²) >= 11 is 0. The van der Waals surface area contributed by atoms with Crippen molar-refractivity contribution < 1.29 is 8.78 Å². The Kier molecular flexibility index (Phi) is 2.87. The van der Waals surface area contributed by atoms with Gasteiger partial charge < -0.3 is 10.3 Å². The van der Waals surface area contributed by atoms with Crippen molar-refractivity contribution in [2.24, 2.45) is 12.8 Å². The molecule has 2 rings (SSSR count). The van der Waals surface area contributed by atoms with Crippen LogP contribution in [0.1, 0.15) is 12.2 Å². The van der Waals surface area contributed by atoms with Crippen molar-refractivity contribution in [1.29, 1.82) is 0 Å². The lowest BCUT2D eigenvalue weighted by atomic mass is 10.3. The molecule has 0 radical (unpaired) electrons. The number of benzene rings is 1. The smallest absolute Gasteiger partial charge is 0.153 e. The number of halogens is 2. The summed E-state index contributed by atoms with van der Waals surface area (Å²) < 4.78 is 28.2. The third-order valence-electron chi connectivity index (χ3n) is 2.60. The molecule has 1 aromatic carbocycles. The Balaban J connectivity index is 2.54. The molecule has 0 saturated carbocycles. The molecule has 0 saturated heterocycles. The molecule has 86 valence electrons. The largest absolute Gasteiger partial charge is 0.331 e. The summed E-state index contributed by atoms with van der Waals surface area (Å²) in [5.74, 6) is -0.479. The van der Waals surface area contributed by atoms with Gasteiger partial charge in [-0.2, -0.15) is 0 Å². The van der Waals surface area contributed by atoms with Crippen LogP contribution in [0.4, 0.5) is 8.78 Å². The molecule has 16 heavy (non-hydrogen) atoms. The first-order chi connectivity index (χ1) is 7.63. The maximum absolute atomic E-state index is 13.4. The monoisotopic (exact) mass is 225 g/mol. The second kappa shape index (κ2) is 4.17. The van der Waals surface area contributed by atoms with Gasteiger partial charge in [0.1, 0.15) is 17.2 Å². The van der Waals surface area contributed by atoms with Crippen molar-refractivity contribution in [3.05, 3.63) is 29.6 Å². The van der Waals surface area contributed by atoms with E-state index in [-0.39, 0.29) is 5.52 Å². The Hall–Kier alpha value is -1.49. The van der Waals surface area contributed by atoms with Gasteiger partial charge in [-0.05, 0) is 19.0 Å². The third kappa shape index (κ3) is 1.78. The van der Waals surface area contributed by atoms with E-state index in [1.807, 2.05) is 0 Å². The summed E-state index contributed by atoms with van der Waals surface area (Å²) in [7, 11) is 1.75. The van der Waals surface area contributed by atoms with Gasteiger partial charge in [0.2, 0.25) is 0 Å². The van der Waals surface area contributed by atoms with Crippen molar-refractivity contribution in [3.8, 4) is 0 Å². The average Bonchev–Trinajstić information content (AvgIpc) is 2.54. The Morgan fingerprint density at radius 3 is 2.81 bits per heavy atom. The van der Waals surface area contributed by atoms with Crippen LogP contribution in [0.25, 0.3) is 11.0 Å². The topological polar surface area (TPSA) is 43.8 Å². The van der Waals surface area contributed by atoms with Gasteiger partial charge in [-0.15, -0.1) is 0 Å². The van der Waals surface area contributed by atoms with Gasteiger partial charge in [0.05, 0.1) is 5.52 Å². The van der Waals surface area contributed by atoms with Crippen LogP contribution in [0.2, 0.25) is 0 Å². The molecule has 5 heteroatoms. The molecule has 2 N–H and O–H groups in total. The number of nitrogens with two attached hydrogens (primary N) is 1. The molecule has 0 atom stereocenters. The van der Waals surface area contributed by atoms with Crippen molar-refractivity contribution in [2.45, 2.75) is 12.8 Å². The number of nitrogens with zero attached hydrogens (tertiary/aromatic N) is 2. The Labute approximate surface area is 91.9 Å². The lowest BCUT2D eigenvalue weighted by Crippen LogP contribution is -2.04. The molecule has 0 bridgehead atoms. The highest BCUT2D eigenvalue weighted by Gasteiger charge is 2.12. The molecular weight excluding hydrogens is 212 g/mol. The Bertz CT molecular complexity index is 519. The Morgan fingerprint density at radius 1 is 1.38 bits per heavy atom. The highest BCUT2D eigenvalue weighted by atomic mass is 19.1. The zero-order chi connectivity index (χ0) is 11.7. The normalized spacial score (nSPS) is 11.2. The van der Waals surface area contributed by atoms with E-state index in [9.17, 15) is 8.78 Å². The standard InChI is InChI=1S/C11H13F2N3/c1-16-9-6-7(12)5-8(13)11(9)15-10(16)3-2-4-14/h5-6H,2-4,14H2,1H3. The van der Waals surface area contributed by atoms with Crippen LogP contribution in [-0.4, -0.2) is 16.1 Å². The minimum Gasteiger partial charge on any atom is -0.331 e. The number of fused-ring (bicyclic) bond motifs is 1. The highest BCUT2D eigenvalue weighted by molar-refractivity contribution is 5.76. The van der Waals surface area contributed by atoms with Crippen molar-refractivity contribution >= 4 is 11.0 Å². The van der Waals surface area contributed by atoms with Crippen LogP contribution in [0.5, 0.6) is 0 Å². The summed E-state index contributed by atoms with van der Waals surface area (Å²) in [6.07, 6.45) is 1.45. The van der Waals surface area contributed by atoms with Crippen LogP contribution in [-0.2, 0) is 13.5 Å². The lowest BCUT2D eigenvalue weighted by molar-refractivity contribution is 0.590. The maximum Gasteiger partial charge on any atom is 0.153 e. The van der Waals surface area contributed by atoms with Gasteiger partial charge in [-0.1, -0.05) is 0 Å². The zero-order valence-electron chi connectivity index (χ0n) is 9.00. The van der Waals surface area contributed by atoms with Gasteiger partial charge in [0.25, 0.3) is 0 Å². The molecule has 1 aromatic heterocycles. The molecule has 3 nitrogen and oxygen atoms in total. The van der Waals surface area contributed by atoms with E-state index in [2.05, 4.69) is 4.98 Å². The quantitative estimate of drug-likeness (QED) is 0.864. The van der Waals surface area contributed by atoms with E-state index in [0.717, 1.165) is 18.3 Å². The molecule has 0 aliphatic carbocycles. The van der Waals surface area contributed by atoms with E-state index in [1.165, 1.54) is 6.07 Å². The van der Waals surface area contributed by atoms with Gasteiger partial charge in [0, 0.05) is 19.5 Å². The summed E-state index contributed by atoms with van der Waals surface area (Å²) in [4.78, 5) is 4.16. The number of hydrogen-bond acceptors (Lipinski definition) is 2. The highest BCUT2D eigenvalue weighted by Crippen LogP contribution is 2.20. The predicted octanol–water partition coefficient (Wildman–Crippen LogP) is 1.74. The minimum atomic E-state index is -0.621. The van der Waals surface area contributed by atoms with Gasteiger partial charge in [-0.3, -0.25) is 0 Å². The molecule has 0 spiro atoms. The van der Waals surface area contributed by atoms with E-state index < -0.39 is 11.6 Å². The fourth-order valence-corrected chi connectivity index (χ4v) is 1.75. The van der Waals surface area contributed by atoms with Crippen LogP contribution >= 0.6 is 0 Å². The molecule has 0 fully saturated rings. The summed E-state index contributed by atoms with van der Waals surface area (Å²) in [6, 6.07) is 2.14. The predicted molar refractivity (Wildman–Crippen MR) is 58.0 cm³/mol. The number of hydrogen-bond donors (Lipinski definition) is 1. The second-order valence-corrected chi connectivity index (χ2v) is 3.73. The summed E-state index contributed by atoms with van der Waals surface area (Å²) in [6.45, 7) is 0.556. The molecule has 0 amide bonds. The molecular formula is C11H13F2N3. The van der Waals surface area contributed by atoms with Gasteiger partial charge >= 0.3 is 0 Å². The fourth-order valence-electron chi connectivity index (χ4n) is 1.75. The zero-order valence-corrected chi connectivity index (χ0v) is 9.00. The van der Waals surface area contributed by atoms with E-state index in [0.29, 0.717) is 18.5 Å². The van der Waals surface area contributed by atoms with E-state index in [1.54, 1.807) is 11.6 Å². The number of imidazole rings is 1. The molecule has 0 aliphatic rings. The van der Waals surface area contributed by atoms with Crippen LogP contribution in [0.15, 0.2) is 12.1 Å². The van der Waals surface area contributed by atoms with Crippen molar-refractivity contribution in [1.82, 2.24) is 9.55 Å². The van der Waals surface area contributed by atoms with Crippen LogP contribution < -0.4 is 5.73 Å². The van der Waals surface area contributed by atoms with E-state index in [4.69, 9.17) is 5.73 Å². The number of aryl methyl sites for hydroxylation is 2. The number of rotatable bonds is 3. The summed E-state index contributed by atoms with van der Waals surface area (Å²) in [5.41, 5.74) is 6.10. The molecule has 0 aliphatic heterocycles. The molecule has 2 aromatic rings. The molecule has 0 unspecified atom stereocenters. The average molecular weight is 225 g/mol. The first-order valence-electron chi connectivity index (χ1n) is 5.14. The first kappa shape index (κ1) is 11.0. The maximum atomic E-state index is 13.4.